The van der Waals surface area contributed by atoms with Crippen molar-refractivity contribution >= 4 is 50.2 Å². The smallest absolute Gasteiger partial charge is 0.229 e. The van der Waals surface area contributed by atoms with E-state index in [9.17, 15) is 8.42 Å². The molecular weight excluding hydrogens is 694 g/mol. The summed E-state index contributed by atoms with van der Waals surface area (Å²) in [4.78, 5) is 12.3. The lowest BCUT2D eigenvalue weighted by Gasteiger charge is -2.54. The molecule has 11 heteroatoms. The number of benzene rings is 2. The average molecular weight is 748 g/mol. The summed E-state index contributed by atoms with van der Waals surface area (Å²) in [6.07, 6.45) is 15.4. The van der Waals surface area contributed by atoms with E-state index in [1.54, 1.807) is 38.1 Å². The van der Waals surface area contributed by atoms with Crippen molar-refractivity contribution in [2.75, 3.05) is 23.8 Å². The van der Waals surface area contributed by atoms with Gasteiger partial charge in [0.25, 0.3) is 0 Å². The molecule has 9 nitrogen and oxygen atoms in total. The van der Waals surface area contributed by atoms with Crippen molar-refractivity contribution in [1.29, 1.82) is 0 Å². The number of aryl methyl sites for hydroxylation is 1. The highest BCUT2D eigenvalue weighted by Gasteiger charge is 2.45. The van der Waals surface area contributed by atoms with Crippen molar-refractivity contribution in [2.45, 2.75) is 127 Å². The number of hydrogen-bond acceptors (Lipinski definition) is 9. The molecule has 0 spiro atoms. The van der Waals surface area contributed by atoms with Gasteiger partial charge in [0.15, 0.2) is 15.7 Å². The molecule has 4 aliphatic rings. The molecule has 3 aromatic rings. The molecule has 280 valence electrons. The quantitative estimate of drug-likeness (QED) is 0.187. The lowest BCUT2D eigenvalue weighted by molar-refractivity contribution is -0.0431. The van der Waals surface area contributed by atoms with Gasteiger partial charge in [0.1, 0.15) is 10.8 Å². The molecule has 52 heavy (non-hydrogen) atoms. The highest BCUT2D eigenvalue weighted by atomic mass is 35.5. The minimum Gasteiger partial charge on any atom is -0.489 e. The molecule has 0 bridgehead atoms. The van der Waals surface area contributed by atoms with Gasteiger partial charge in [0.2, 0.25) is 5.95 Å². The van der Waals surface area contributed by atoms with Crippen LogP contribution in [0.4, 0.5) is 23.1 Å². The molecule has 2 aliphatic carbocycles. The van der Waals surface area contributed by atoms with Crippen molar-refractivity contribution < 1.29 is 17.9 Å². The Labute approximate surface area is 314 Å². The van der Waals surface area contributed by atoms with E-state index in [2.05, 4.69) is 45.6 Å². The van der Waals surface area contributed by atoms with Crippen LogP contribution in [0.5, 0.6) is 5.75 Å². The summed E-state index contributed by atoms with van der Waals surface area (Å²) in [5.41, 5.74) is 5.03. The van der Waals surface area contributed by atoms with Crippen LogP contribution in [0, 0.1) is 18.8 Å². The summed E-state index contributed by atoms with van der Waals surface area (Å²) >= 11 is 6.56. The summed E-state index contributed by atoms with van der Waals surface area (Å²) in [6.45, 7) is 11.3. The van der Waals surface area contributed by atoms with E-state index in [-0.39, 0.29) is 16.0 Å². The van der Waals surface area contributed by atoms with Crippen LogP contribution in [-0.4, -0.2) is 66.0 Å². The maximum Gasteiger partial charge on any atom is 0.229 e. The first-order valence-electron chi connectivity index (χ1n) is 19.3. The molecule has 1 aromatic heterocycles. The van der Waals surface area contributed by atoms with Gasteiger partial charge < -0.3 is 20.1 Å². The molecule has 3 fully saturated rings. The van der Waals surface area contributed by atoms with Crippen LogP contribution in [-0.2, 0) is 14.6 Å². The number of halogens is 1. The number of aromatic nitrogens is 2. The van der Waals surface area contributed by atoms with Crippen LogP contribution in [0.1, 0.15) is 96.6 Å². The third kappa shape index (κ3) is 7.72. The number of ether oxygens (including phenoxy) is 2. The molecule has 1 unspecified atom stereocenters. The number of nitrogens with zero attached hydrogens (tertiary/aromatic N) is 3. The number of anilines is 4. The van der Waals surface area contributed by atoms with Crippen molar-refractivity contribution in [3.63, 3.8) is 0 Å². The Morgan fingerprint density at radius 3 is 2.31 bits per heavy atom. The molecule has 7 rings (SSSR count). The van der Waals surface area contributed by atoms with Crippen molar-refractivity contribution in [3.8, 4) is 5.75 Å². The predicted octanol–water partition coefficient (Wildman–Crippen LogP) is 9.50. The Hall–Kier alpha value is -3.18. The second kappa shape index (κ2) is 15.7. The number of hydrogen-bond donors (Lipinski definition) is 2. The lowest BCUT2D eigenvalue weighted by Crippen LogP contribution is -2.58. The predicted molar refractivity (Wildman–Crippen MR) is 210 cm³/mol. The first-order valence-corrected chi connectivity index (χ1v) is 21.2. The molecule has 2 aromatic carbocycles. The second-order valence-corrected chi connectivity index (χ2v) is 18.6. The van der Waals surface area contributed by atoms with E-state index in [0.29, 0.717) is 35.6 Å². The number of para-hydroxylation sites is 1. The monoisotopic (exact) mass is 747 g/mol. The maximum atomic E-state index is 13.1. The Bertz CT molecular complexity index is 1890. The summed E-state index contributed by atoms with van der Waals surface area (Å²) in [7, 11) is -3.55. The molecule has 2 N–H and O–H groups in total. The van der Waals surface area contributed by atoms with Gasteiger partial charge in [-0.1, -0.05) is 42.7 Å². The molecule has 2 atom stereocenters. The van der Waals surface area contributed by atoms with E-state index < -0.39 is 15.1 Å². The number of rotatable bonds is 12. The standard InChI is InChI=1S/C41H54ClN5O4S/c1-25(2)51-38-23-32(30-21-36(28-10-8-11-28)47(31-16-18-50-19-17-31)37(22-30)29-12-9-13-29)27(5)20-35(38)45-41-43-24-33(42)40(46-41)44-34-14-6-7-15-39(34)52(48,49)26(3)4/h6-7,14-15,20-21,23-26,28-29,31,36-37H,8-13,16-19,22H2,1-5H3,(H2,43,44,45,46)/t36?,37-/m1/s1. The molecule has 2 aliphatic heterocycles. The largest absolute Gasteiger partial charge is 0.489 e. The zero-order valence-electron chi connectivity index (χ0n) is 31.2. The lowest BCUT2D eigenvalue weighted by atomic mass is 9.69. The number of nitrogens with one attached hydrogen (secondary N) is 2. The summed E-state index contributed by atoms with van der Waals surface area (Å²) < 4.78 is 38.5. The van der Waals surface area contributed by atoms with Gasteiger partial charge in [-0.05, 0) is 132 Å². The Kier molecular flexibility index (Phi) is 11.2. The van der Waals surface area contributed by atoms with Crippen LogP contribution in [0.2, 0.25) is 5.02 Å². The van der Waals surface area contributed by atoms with Crippen molar-refractivity contribution in [1.82, 2.24) is 14.9 Å². The third-order valence-corrected chi connectivity index (χ3v) is 14.0. The van der Waals surface area contributed by atoms with Gasteiger partial charge in [-0.3, -0.25) is 4.90 Å². The highest BCUT2D eigenvalue weighted by molar-refractivity contribution is 7.92. The maximum absolute atomic E-state index is 13.1. The molecule has 2 saturated carbocycles. The Balaban J connectivity index is 1.21. The Morgan fingerprint density at radius 2 is 1.65 bits per heavy atom. The molecule has 3 heterocycles. The second-order valence-electron chi connectivity index (χ2n) is 15.7. The van der Waals surface area contributed by atoms with E-state index >= 15 is 0 Å². The third-order valence-electron chi connectivity index (χ3n) is 11.6. The van der Waals surface area contributed by atoms with Crippen molar-refractivity contribution in [2.24, 2.45) is 11.8 Å². The number of sulfone groups is 1. The van der Waals surface area contributed by atoms with Gasteiger partial charge in [-0.15, -0.1) is 0 Å². The molecular formula is C41H54ClN5O4S. The van der Waals surface area contributed by atoms with E-state index in [1.807, 2.05) is 13.8 Å². The summed E-state index contributed by atoms with van der Waals surface area (Å²) in [5, 5.41) is 6.25. The fourth-order valence-electron chi connectivity index (χ4n) is 8.32. The highest BCUT2D eigenvalue weighted by Crippen LogP contribution is 2.48. The first kappa shape index (κ1) is 37.1. The topological polar surface area (TPSA) is 106 Å². The van der Waals surface area contributed by atoms with Gasteiger partial charge in [-0.25, -0.2) is 13.4 Å². The van der Waals surface area contributed by atoms with Crippen LogP contribution in [0.25, 0.3) is 5.57 Å². The fourth-order valence-corrected chi connectivity index (χ4v) is 9.66. The van der Waals surface area contributed by atoms with Crippen LogP contribution >= 0.6 is 11.6 Å². The van der Waals surface area contributed by atoms with Crippen LogP contribution < -0.4 is 15.4 Å². The fraction of sp³-hybridized carbons (Fsp3) is 0.561. The summed E-state index contributed by atoms with van der Waals surface area (Å²) in [6, 6.07) is 12.8. The zero-order valence-corrected chi connectivity index (χ0v) is 32.8. The van der Waals surface area contributed by atoms with Gasteiger partial charge in [0.05, 0.1) is 33.8 Å². The minimum absolute atomic E-state index is 0.0475. The van der Waals surface area contributed by atoms with E-state index in [4.69, 9.17) is 26.1 Å². The van der Waals surface area contributed by atoms with E-state index in [1.165, 1.54) is 61.4 Å². The van der Waals surface area contributed by atoms with Gasteiger partial charge >= 0.3 is 0 Å². The average Bonchev–Trinajstić information content (AvgIpc) is 3.06. The zero-order chi connectivity index (χ0) is 36.6. The Morgan fingerprint density at radius 1 is 0.942 bits per heavy atom. The molecule has 0 amide bonds. The van der Waals surface area contributed by atoms with Crippen LogP contribution in [0.15, 0.2) is 53.6 Å². The normalized spacial score (nSPS) is 22.2. The van der Waals surface area contributed by atoms with Gasteiger partial charge in [0, 0.05) is 31.3 Å². The SMILES string of the molecule is Cc1cc(Nc2ncc(Cl)c(Nc3ccccc3S(=O)(=O)C(C)C)n2)c(OC(C)C)cc1C1=CC(C2CCC2)N(C2CCOCC2)[C@@H](C2CCC2)C1. The summed E-state index contributed by atoms with van der Waals surface area (Å²) in [5.74, 6) is 2.83. The first-order chi connectivity index (χ1) is 25.0. The van der Waals surface area contributed by atoms with Crippen molar-refractivity contribution in [3.05, 3.63) is 64.8 Å². The molecule has 0 radical (unpaired) electrons. The van der Waals surface area contributed by atoms with Crippen LogP contribution in [0.3, 0.4) is 0 Å². The van der Waals surface area contributed by atoms with Gasteiger partial charge in [-0.2, -0.15) is 4.98 Å². The molecule has 1 saturated heterocycles. The minimum atomic E-state index is -3.55. The van der Waals surface area contributed by atoms with E-state index in [0.717, 1.165) is 55.7 Å².